The highest BCUT2D eigenvalue weighted by atomic mass is 16.5. The first-order valence-electron chi connectivity index (χ1n) is 9.11. The van der Waals surface area contributed by atoms with Gasteiger partial charge in [0, 0.05) is 50.2 Å². The summed E-state index contributed by atoms with van der Waals surface area (Å²) in [6.45, 7) is 11.0. The lowest BCUT2D eigenvalue weighted by atomic mass is 9.84. The van der Waals surface area contributed by atoms with Gasteiger partial charge in [0.2, 0.25) is 0 Å². The maximum atomic E-state index is 6.14. The van der Waals surface area contributed by atoms with Crippen LogP contribution in [0.2, 0.25) is 0 Å². The molecule has 5 heteroatoms. The monoisotopic (exact) mass is 321 g/mol. The van der Waals surface area contributed by atoms with Crippen LogP contribution in [0.1, 0.15) is 56.0 Å². The number of nitrogens with one attached hydrogen (secondary N) is 1. The fourth-order valence-corrected chi connectivity index (χ4v) is 3.96. The summed E-state index contributed by atoms with van der Waals surface area (Å²) in [5.41, 5.74) is 3.90. The standard InChI is InChI=1S/C18H31N3O2/c1-4-8-21-15(3)17(14(2)20-21)13-19-16-5-9-23-18(12-16)6-10-22-11-7-18/h16,19H,4-13H2,1-3H3/t16-/m1/s1. The minimum Gasteiger partial charge on any atom is -0.381 e. The SMILES string of the molecule is CCCn1nc(C)c(CN[C@@H]2CCOC3(CCOCC3)C2)c1C. The van der Waals surface area contributed by atoms with Gasteiger partial charge in [0.05, 0.1) is 11.3 Å². The Kier molecular flexibility index (Phi) is 5.39. The molecule has 1 N–H and O–H groups in total. The zero-order valence-electron chi connectivity index (χ0n) is 14.9. The molecule has 1 aromatic rings. The zero-order valence-corrected chi connectivity index (χ0v) is 14.9. The van der Waals surface area contributed by atoms with E-state index >= 15 is 0 Å². The minimum atomic E-state index is 0.0602. The molecular weight excluding hydrogens is 290 g/mol. The molecule has 1 atom stereocenters. The van der Waals surface area contributed by atoms with E-state index in [1.165, 1.54) is 11.3 Å². The Labute approximate surface area is 139 Å². The normalized spacial score (nSPS) is 24.2. The average Bonchev–Trinajstić information content (AvgIpc) is 2.81. The fourth-order valence-electron chi connectivity index (χ4n) is 3.96. The van der Waals surface area contributed by atoms with Crippen LogP contribution in [0.25, 0.3) is 0 Å². The Balaban J connectivity index is 1.60. The van der Waals surface area contributed by atoms with Crippen LogP contribution in [-0.2, 0) is 22.6 Å². The van der Waals surface area contributed by atoms with Crippen LogP contribution in [-0.4, -0.2) is 41.2 Å². The van der Waals surface area contributed by atoms with Gasteiger partial charge in [0.1, 0.15) is 0 Å². The van der Waals surface area contributed by atoms with E-state index in [1.54, 1.807) is 0 Å². The second-order valence-corrected chi connectivity index (χ2v) is 7.09. The molecule has 0 amide bonds. The molecule has 1 aromatic heterocycles. The predicted octanol–water partition coefficient (Wildman–Crippen LogP) is 2.73. The highest BCUT2D eigenvalue weighted by Crippen LogP contribution is 2.34. The number of nitrogens with zero attached hydrogens (tertiary/aromatic N) is 2. The predicted molar refractivity (Wildman–Crippen MR) is 90.6 cm³/mol. The van der Waals surface area contributed by atoms with Crippen molar-refractivity contribution in [2.75, 3.05) is 19.8 Å². The van der Waals surface area contributed by atoms with E-state index in [1.807, 2.05) is 0 Å². The molecule has 0 bridgehead atoms. The third kappa shape index (κ3) is 3.78. The van der Waals surface area contributed by atoms with E-state index in [0.29, 0.717) is 6.04 Å². The van der Waals surface area contributed by atoms with Crippen molar-refractivity contribution in [1.29, 1.82) is 0 Å². The number of hydrogen-bond acceptors (Lipinski definition) is 4. The second-order valence-electron chi connectivity index (χ2n) is 7.09. The van der Waals surface area contributed by atoms with Gasteiger partial charge in [-0.05, 0) is 46.0 Å². The number of ether oxygens (including phenoxy) is 2. The summed E-state index contributed by atoms with van der Waals surface area (Å²) in [5.74, 6) is 0. The third-order valence-corrected chi connectivity index (χ3v) is 5.43. The Bertz CT molecular complexity index is 515. The van der Waals surface area contributed by atoms with Crippen LogP contribution < -0.4 is 5.32 Å². The minimum absolute atomic E-state index is 0.0602. The molecule has 2 aliphatic rings. The molecular formula is C18H31N3O2. The molecule has 0 saturated carbocycles. The van der Waals surface area contributed by atoms with Crippen LogP contribution in [0.3, 0.4) is 0 Å². The summed E-state index contributed by atoms with van der Waals surface area (Å²) in [7, 11) is 0. The van der Waals surface area contributed by atoms with Crippen molar-refractivity contribution < 1.29 is 9.47 Å². The largest absolute Gasteiger partial charge is 0.381 e. The molecule has 5 nitrogen and oxygen atoms in total. The van der Waals surface area contributed by atoms with Gasteiger partial charge in [0.15, 0.2) is 0 Å². The summed E-state index contributed by atoms with van der Waals surface area (Å²) in [4.78, 5) is 0. The van der Waals surface area contributed by atoms with Crippen molar-refractivity contribution in [3.8, 4) is 0 Å². The van der Waals surface area contributed by atoms with E-state index in [-0.39, 0.29) is 5.60 Å². The zero-order chi connectivity index (χ0) is 16.3. The molecule has 23 heavy (non-hydrogen) atoms. The smallest absolute Gasteiger partial charge is 0.0741 e. The number of aromatic nitrogens is 2. The van der Waals surface area contributed by atoms with Crippen LogP contribution in [0.4, 0.5) is 0 Å². The Hall–Kier alpha value is -0.910. The van der Waals surface area contributed by atoms with Crippen molar-refractivity contribution in [1.82, 2.24) is 15.1 Å². The Morgan fingerprint density at radius 1 is 1.26 bits per heavy atom. The number of aryl methyl sites for hydroxylation is 2. The molecule has 0 radical (unpaired) electrons. The number of rotatable bonds is 5. The molecule has 3 rings (SSSR count). The first-order chi connectivity index (χ1) is 11.1. The third-order valence-electron chi connectivity index (χ3n) is 5.43. The topological polar surface area (TPSA) is 48.3 Å². The van der Waals surface area contributed by atoms with Gasteiger partial charge in [0.25, 0.3) is 0 Å². The van der Waals surface area contributed by atoms with Crippen LogP contribution in [0.15, 0.2) is 0 Å². The molecule has 1 spiro atoms. The fraction of sp³-hybridized carbons (Fsp3) is 0.833. The lowest BCUT2D eigenvalue weighted by Crippen LogP contribution is -2.49. The first-order valence-corrected chi connectivity index (χ1v) is 9.11. The lowest BCUT2D eigenvalue weighted by Gasteiger charge is -2.43. The maximum Gasteiger partial charge on any atom is 0.0741 e. The summed E-state index contributed by atoms with van der Waals surface area (Å²) in [6, 6.07) is 0.537. The summed E-state index contributed by atoms with van der Waals surface area (Å²) < 4.78 is 13.8. The van der Waals surface area contributed by atoms with Gasteiger partial charge >= 0.3 is 0 Å². The van der Waals surface area contributed by atoms with Gasteiger partial charge in [-0.25, -0.2) is 0 Å². The second kappa shape index (κ2) is 7.32. The van der Waals surface area contributed by atoms with Crippen LogP contribution >= 0.6 is 0 Å². The van der Waals surface area contributed by atoms with E-state index in [9.17, 15) is 0 Å². The maximum absolute atomic E-state index is 6.14. The van der Waals surface area contributed by atoms with Crippen molar-refractivity contribution in [2.24, 2.45) is 0 Å². The lowest BCUT2D eigenvalue weighted by molar-refractivity contribution is -0.140. The van der Waals surface area contributed by atoms with E-state index in [2.05, 4.69) is 35.9 Å². The molecule has 2 fully saturated rings. The molecule has 2 aliphatic heterocycles. The summed E-state index contributed by atoms with van der Waals surface area (Å²) in [6.07, 6.45) is 5.41. The average molecular weight is 321 g/mol. The van der Waals surface area contributed by atoms with Crippen molar-refractivity contribution in [2.45, 2.75) is 77.6 Å². The molecule has 2 saturated heterocycles. The van der Waals surface area contributed by atoms with Gasteiger partial charge in [-0.15, -0.1) is 0 Å². The quantitative estimate of drug-likeness (QED) is 0.906. The van der Waals surface area contributed by atoms with Gasteiger partial charge < -0.3 is 14.8 Å². The Morgan fingerprint density at radius 3 is 2.78 bits per heavy atom. The molecule has 0 unspecified atom stereocenters. The van der Waals surface area contributed by atoms with Crippen LogP contribution in [0.5, 0.6) is 0 Å². The Morgan fingerprint density at radius 2 is 2.04 bits per heavy atom. The van der Waals surface area contributed by atoms with Crippen molar-refractivity contribution >= 4 is 0 Å². The molecule has 0 aromatic carbocycles. The van der Waals surface area contributed by atoms with Gasteiger partial charge in [-0.1, -0.05) is 6.92 Å². The first kappa shape index (κ1) is 16.9. The van der Waals surface area contributed by atoms with E-state index < -0.39 is 0 Å². The molecule has 3 heterocycles. The molecule has 0 aliphatic carbocycles. The number of hydrogen-bond donors (Lipinski definition) is 1. The molecule has 130 valence electrons. The highest BCUT2D eigenvalue weighted by molar-refractivity contribution is 5.24. The van der Waals surface area contributed by atoms with E-state index in [0.717, 1.165) is 70.7 Å². The van der Waals surface area contributed by atoms with Gasteiger partial charge in [-0.3, -0.25) is 4.68 Å². The summed E-state index contributed by atoms with van der Waals surface area (Å²) in [5, 5.41) is 8.45. The van der Waals surface area contributed by atoms with Crippen molar-refractivity contribution in [3.63, 3.8) is 0 Å². The summed E-state index contributed by atoms with van der Waals surface area (Å²) >= 11 is 0. The van der Waals surface area contributed by atoms with Crippen molar-refractivity contribution in [3.05, 3.63) is 17.0 Å². The van der Waals surface area contributed by atoms with Gasteiger partial charge in [-0.2, -0.15) is 5.10 Å². The van der Waals surface area contributed by atoms with E-state index in [4.69, 9.17) is 9.47 Å². The van der Waals surface area contributed by atoms with Crippen LogP contribution in [0, 0.1) is 13.8 Å². The highest BCUT2D eigenvalue weighted by Gasteiger charge is 2.38.